The Kier molecular flexibility index (Phi) is 5.84. The smallest absolute Gasteiger partial charge is 0.254 e. The topological polar surface area (TPSA) is 105 Å². The highest BCUT2D eigenvalue weighted by atomic mass is 32.2. The van der Waals surface area contributed by atoms with Gasteiger partial charge in [0.1, 0.15) is 10.8 Å². The molecule has 1 fully saturated rings. The van der Waals surface area contributed by atoms with Crippen LogP contribution in [0.2, 0.25) is 0 Å². The monoisotopic (exact) mass is 448 g/mol. The molecule has 2 aromatic heterocycles. The molecule has 0 bridgehead atoms. The maximum Gasteiger partial charge on any atom is 0.254 e. The first-order valence-electron chi connectivity index (χ1n) is 9.99. The van der Waals surface area contributed by atoms with Crippen molar-refractivity contribution in [1.29, 1.82) is 0 Å². The van der Waals surface area contributed by atoms with Crippen molar-refractivity contribution < 1.29 is 22.4 Å². The molecule has 30 heavy (non-hydrogen) atoms. The van der Waals surface area contributed by atoms with Crippen LogP contribution in [0.4, 0.5) is 5.00 Å². The Hall–Kier alpha value is -2.39. The molecule has 0 spiro atoms. The van der Waals surface area contributed by atoms with Crippen molar-refractivity contribution in [1.82, 2.24) is 5.32 Å². The standard InChI is InChI=1S/C21H24N2O5S2/c1-13-4-6-16-17(11-13)29-21(23-18(24)7-5-15-3-2-9-28-15)19(16)20(25)22-14-8-10-30(26,27)12-14/h2-3,5,7,9,13-14H,4,6,8,10-12H2,1H3,(H,22,25)(H,23,24). The number of nitrogens with one attached hydrogen (secondary N) is 2. The van der Waals surface area contributed by atoms with E-state index in [4.69, 9.17) is 4.42 Å². The van der Waals surface area contributed by atoms with E-state index >= 15 is 0 Å². The van der Waals surface area contributed by atoms with E-state index in [9.17, 15) is 18.0 Å². The first-order valence-corrected chi connectivity index (χ1v) is 12.6. The molecule has 2 aromatic rings. The van der Waals surface area contributed by atoms with E-state index in [-0.39, 0.29) is 29.4 Å². The van der Waals surface area contributed by atoms with Crippen LogP contribution in [-0.2, 0) is 27.5 Å². The van der Waals surface area contributed by atoms with Gasteiger partial charge in [0.15, 0.2) is 9.84 Å². The highest BCUT2D eigenvalue weighted by Crippen LogP contribution is 2.39. The molecule has 0 aromatic carbocycles. The van der Waals surface area contributed by atoms with Crippen molar-refractivity contribution in [2.24, 2.45) is 5.92 Å². The van der Waals surface area contributed by atoms with Gasteiger partial charge in [-0.25, -0.2) is 8.42 Å². The van der Waals surface area contributed by atoms with Crippen LogP contribution in [0.5, 0.6) is 0 Å². The van der Waals surface area contributed by atoms with Crippen molar-refractivity contribution in [3.8, 4) is 0 Å². The molecule has 3 heterocycles. The van der Waals surface area contributed by atoms with Crippen molar-refractivity contribution in [2.75, 3.05) is 16.8 Å². The zero-order valence-electron chi connectivity index (χ0n) is 16.6. The number of hydrogen-bond donors (Lipinski definition) is 2. The third-order valence-electron chi connectivity index (χ3n) is 5.49. The van der Waals surface area contributed by atoms with Crippen LogP contribution in [0.15, 0.2) is 28.9 Å². The molecule has 2 atom stereocenters. The summed E-state index contributed by atoms with van der Waals surface area (Å²) in [5, 5.41) is 6.22. The van der Waals surface area contributed by atoms with Crippen LogP contribution in [0, 0.1) is 5.92 Å². The van der Waals surface area contributed by atoms with E-state index < -0.39 is 9.84 Å². The van der Waals surface area contributed by atoms with Gasteiger partial charge in [0.2, 0.25) is 5.91 Å². The van der Waals surface area contributed by atoms with E-state index in [2.05, 4.69) is 17.6 Å². The summed E-state index contributed by atoms with van der Waals surface area (Å²) in [5.74, 6) is 0.484. The number of furan rings is 1. The fourth-order valence-electron chi connectivity index (χ4n) is 3.94. The van der Waals surface area contributed by atoms with Gasteiger partial charge in [-0.2, -0.15) is 0 Å². The lowest BCUT2D eigenvalue weighted by Crippen LogP contribution is -2.36. The van der Waals surface area contributed by atoms with E-state index in [1.54, 1.807) is 18.2 Å². The molecule has 1 saturated heterocycles. The summed E-state index contributed by atoms with van der Waals surface area (Å²) in [7, 11) is -3.09. The Morgan fingerprint density at radius 2 is 2.13 bits per heavy atom. The normalized spacial score (nSPS) is 22.7. The van der Waals surface area contributed by atoms with Crippen molar-refractivity contribution in [2.45, 2.75) is 38.6 Å². The minimum absolute atomic E-state index is 0.0321. The molecular formula is C21H24N2O5S2. The largest absolute Gasteiger partial charge is 0.465 e. The molecule has 2 amide bonds. The van der Waals surface area contributed by atoms with Crippen molar-refractivity contribution in [3.63, 3.8) is 0 Å². The van der Waals surface area contributed by atoms with E-state index in [1.165, 1.54) is 23.7 Å². The Balaban J connectivity index is 1.56. The van der Waals surface area contributed by atoms with Gasteiger partial charge in [-0.1, -0.05) is 6.92 Å². The van der Waals surface area contributed by atoms with Gasteiger partial charge in [-0.15, -0.1) is 11.3 Å². The second-order valence-corrected chi connectivity index (χ2v) is 11.3. The van der Waals surface area contributed by atoms with E-state index in [1.807, 2.05) is 0 Å². The summed E-state index contributed by atoms with van der Waals surface area (Å²) in [6.07, 6.45) is 7.50. The first kappa shape index (κ1) is 20.9. The molecule has 2 N–H and O–H groups in total. The zero-order valence-corrected chi connectivity index (χ0v) is 18.3. The van der Waals surface area contributed by atoms with Crippen LogP contribution in [0.1, 0.15) is 46.3 Å². The third kappa shape index (κ3) is 4.67. The third-order valence-corrected chi connectivity index (χ3v) is 8.42. The first-order chi connectivity index (χ1) is 14.3. The summed E-state index contributed by atoms with van der Waals surface area (Å²) in [4.78, 5) is 26.6. The van der Waals surface area contributed by atoms with Gasteiger partial charge >= 0.3 is 0 Å². The number of sulfone groups is 1. The summed E-state index contributed by atoms with van der Waals surface area (Å²) in [5.41, 5.74) is 1.45. The highest BCUT2D eigenvalue weighted by molar-refractivity contribution is 7.91. The minimum atomic E-state index is -3.09. The fraction of sp³-hybridized carbons (Fsp3) is 0.429. The number of carbonyl (C=O) groups excluding carboxylic acids is 2. The molecule has 160 valence electrons. The molecule has 2 unspecified atom stereocenters. The molecular weight excluding hydrogens is 424 g/mol. The lowest BCUT2D eigenvalue weighted by atomic mass is 9.88. The van der Waals surface area contributed by atoms with Crippen LogP contribution in [-0.4, -0.2) is 37.8 Å². The number of carbonyl (C=O) groups is 2. The van der Waals surface area contributed by atoms with E-state index in [0.717, 1.165) is 29.7 Å². The summed E-state index contributed by atoms with van der Waals surface area (Å²) in [6.45, 7) is 2.18. The van der Waals surface area contributed by atoms with Crippen LogP contribution < -0.4 is 10.6 Å². The molecule has 7 nitrogen and oxygen atoms in total. The van der Waals surface area contributed by atoms with Gasteiger partial charge in [0, 0.05) is 17.0 Å². The second kappa shape index (κ2) is 8.39. The molecule has 1 aliphatic carbocycles. The number of rotatable bonds is 5. The average Bonchev–Trinajstić information content (AvgIpc) is 3.38. The fourth-order valence-corrected chi connectivity index (χ4v) is 7.03. The maximum atomic E-state index is 13.1. The molecule has 1 aliphatic heterocycles. The lowest BCUT2D eigenvalue weighted by Gasteiger charge is -2.19. The summed E-state index contributed by atoms with van der Waals surface area (Å²) < 4.78 is 28.7. The molecule has 0 radical (unpaired) electrons. The van der Waals surface area contributed by atoms with Crippen LogP contribution >= 0.6 is 11.3 Å². The van der Waals surface area contributed by atoms with Gasteiger partial charge in [-0.3, -0.25) is 9.59 Å². The van der Waals surface area contributed by atoms with Gasteiger partial charge in [0.05, 0.1) is 23.3 Å². The minimum Gasteiger partial charge on any atom is -0.465 e. The van der Waals surface area contributed by atoms with Gasteiger partial charge in [0.25, 0.3) is 5.91 Å². The summed E-state index contributed by atoms with van der Waals surface area (Å²) in [6, 6.07) is 3.09. The highest BCUT2D eigenvalue weighted by Gasteiger charge is 2.32. The van der Waals surface area contributed by atoms with Gasteiger partial charge in [-0.05, 0) is 55.4 Å². The Bertz CT molecular complexity index is 1080. The average molecular weight is 449 g/mol. The SMILES string of the molecule is CC1CCc2c(sc(NC(=O)C=Cc3ccco3)c2C(=O)NC2CCS(=O)(=O)C2)C1. The number of hydrogen-bond acceptors (Lipinski definition) is 6. The predicted molar refractivity (Wildman–Crippen MR) is 116 cm³/mol. The molecule has 0 saturated carbocycles. The molecule has 9 heteroatoms. The number of amides is 2. The lowest BCUT2D eigenvalue weighted by molar-refractivity contribution is -0.111. The molecule has 4 rings (SSSR count). The Labute approximate surface area is 179 Å². The number of anilines is 1. The predicted octanol–water partition coefficient (Wildman–Crippen LogP) is 3.03. The molecule has 2 aliphatic rings. The quantitative estimate of drug-likeness (QED) is 0.684. The van der Waals surface area contributed by atoms with E-state index in [0.29, 0.717) is 28.7 Å². The second-order valence-electron chi connectivity index (χ2n) is 7.97. The van der Waals surface area contributed by atoms with Crippen LogP contribution in [0.3, 0.4) is 0 Å². The number of thiophene rings is 1. The summed E-state index contributed by atoms with van der Waals surface area (Å²) >= 11 is 1.44. The van der Waals surface area contributed by atoms with Crippen molar-refractivity contribution >= 4 is 44.1 Å². The Morgan fingerprint density at radius 3 is 2.83 bits per heavy atom. The van der Waals surface area contributed by atoms with Crippen LogP contribution in [0.25, 0.3) is 6.08 Å². The zero-order chi connectivity index (χ0) is 21.3. The maximum absolute atomic E-state index is 13.1. The number of fused-ring (bicyclic) bond motifs is 1. The Morgan fingerprint density at radius 1 is 1.30 bits per heavy atom. The van der Waals surface area contributed by atoms with Crippen molar-refractivity contribution in [3.05, 3.63) is 46.2 Å². The van der Waals surface area contributed by atoms with Gasteiger partial charge < -0.3 is 15.1 Å².